The van der Waals surface area contributed by atoms with Crippen molar-refractivity contribution in [2.45, 2.75) is 32.1 Å². The Kier molecular flexibility index (Phi) is 22.9. The van der Waals surface area contributed by atoms with Crippen LogP contribution in [0.5, 0.6) is 0 Å². The summed E-state index contributed by atoms with van der Waals surface area (Å²) in [5, 5.41) is -2.44. The van der Waals surface area contributed by atoms with Gasteiger partial charge in [0.05, 0.1) is 0 Å². The molecule has 0 saturated heterocycles. The van der Waals surface area contributed by atoms with Crippen molar-refractivity contribution in [3.8, 4) is 0 Å². The van der Waals surface area contributed by atoms with Gasteiger partial charge in [0.2, 0.25) is 0 Å². The maximum absolute atomic E-state index is 11.0. The molecule has 6 nitrogen and oxygen atoms in total. The standard InChI is InChI=1S/C13H20O6P2.4Na/c1-10(2)6-7-11-4-3-5-12(8-11)9-13(20(14,15)16)21(17,18)19;;;;/h3-6,8,13H,7,9H2,1-2H3,(H2,14,15,16)(H2,17,18,19);;;;/q;4*+1/p-4. The Morgan fingerprint density at radius 3 is 1.80 bits per heavy atom. The molecule has 0 spiro atoms. The van der Waals surface area contributed by atoms with Crippen molar-refractivity contribution in [1.82, 2.24) is 0 Å². The SMILES string of the molecule is CC(C)=CCc1cccc(CC(P(=O)([O-])[O-])P(=O)([O-])[O-])c1.[Na+].[Na+].[Na+].[Na+]. The van der Waals surface area contributed by atoms with Crippen LogP contribution in [0.4, 0.5) is 0 Å². The number of hydrogen-bond acceptors (Lipinski definition) is 6. The van der Waals surface area contributed by atoms with Crippen molar-refractivity contribution in [1.29, 1.82) is 0 Å². The van der Waals surface area contributed by atoms with Gasteiger partial charge in [-0.3, -0.25) is 0 Å². The normalized spacial score (nSPS) is 10.5. The van der Waals surface area contributed by atoms with Gasteiger partial charge in [-0.05, 0) is 37.8 Å². The van der Waals surface area contributed by atoms with Gasteiger partial charge < -0.3 is 28.7 Å². The van der Waals surface area contributed by atoms with Gasteiger partial charge in [0.1, 0.15) is 0 Å². The second-order valence-corrected chi connectivity index (χ2v) is 8.88. The van der Waals surface area contributed by atoms with Crippen LogP contribution in [0.25, 0.3) is 0 Å². The monoisotopic (exact) mass is 422 g/mol. The molecule has 0 aliphatic rings. The maximum Gasteiger partial charge on any atom is 1.00 e. The second-order valence-electron chi connectivity index (χ2n) is 5.07. The summed E-state index contributed by atoms with van der Waals surface area (Å²) in [4.78, 5) is 43.9. The van der Waals surface area contributed by atoms with Crippen molar-refractivity contribution in [2.24, 2.45) is 0 Å². The molecule has 0 N–H and O–H groups in total. The summed E-state index contributed by atoms with van der Waals surface area (Å²) in [6.45, 7) is 3.85. The Hall–Kier alpha value is 3.26. The van der Waals surface area contributed by atoms with Crippen LogP contribution >= 0.6 is 15.2 Å². The molecule has 12 heteroatoms. The Bertz CT molecular complexity index is 603. The smallest absolute Gasteiger partial charge is 0.810 e. The Labute approximate surface area is 237 Å². The summed E-state index contributed by atoms with van der Waals surface area (Å²) in [6.07, 6.45) is 1.94. The van der Waals surface area contributed by atoms with Crippen LogP contribution < -0.4 is 138 Å². The zero-order valence-corrected chi connectivity index (χ0v) is 25.5. The fraction of sp³-hybridized carbons (Fsp3) is 0.385. The number of benzene rings is 1. The average Bonchev–Trinajstić information content (AvgIpc) is 2.31. The van der Waals surface area contributed by atoms with E-state index in [0.29, 0.717) is 12.0 Å². The molecule has 0 unspecified atom stereocenters. The van der Waals surface area contributed by atoms with Gasteiger partial charge in [0.15, 0.2) is 0 Å². The van der Waals surface area contributed by atoms with Crippen LogP contribution in [0.15, 0.2) is 35.9 Å². The quantitative estimate of drug-likeness (QED) is 0.255. The summed E-state index contributed by atoms with van der Waals surface area (Å²) in [7, 11) is -11.0. The van der Waals surface area contributed by atoms with Gasteiger partial charge in [0, 0.05) is 5.40 Å². The van der Waals surface area contributed by atoms with Crippen molar-refractivity contribution >= 4 is 15.2 Å². The minimum Gasteiger partial charge on any atom is -0.810 e. The van der Waals surface area contributed by atoms with E-state index in [1.807, 2.05) is 19.9 Å². The van der Waals surface area contributed by atoms with Crippen molar-refractivity contribution in [3.63, 3.8) is 0 Å². The molecule has 25 heavy (non-hydrogen) atoms. The first-order valence-electron chi connectivity index (χ1n) is 6.25. The predicted molar refractivity (Wildman–Crippen MR) is 72.3 cm³/mol. The summed E-state index contributed by atoms with van der Waals surface area (Å²) >= 11 is 0. The number of hydrogen-bond donors (Lipinski definition) is 0. The molecular weight excluding hydrogens is 406 g/mol. The topological polar surface area (TPSA) is 126 Å². The summed E-state index contributed by atoms with van der Waals surface area (Å²) in [5.41, 5.74) is 2.27. The Morgan fingerprint density at radius 2 is 1.40 bits per heavy atom. The van der Waals surface area contributed by atoms with Crippen LogP contribution in [0.1, 0.15) is 25.0 Å². The van der Waals surface area contributed by atoms with Crippen LogP contribution in [-0.4, -0.2) is 5.40 Å². The minimum atomic E-state index is -5.51. The van der Waals surface area contributed by atoms with Crippen molar-refractivity contribution in [2.75, 3.05) is 0 Å². The third-order valence-corrected chi connectivity index (χ3v) is 6.41. The maximum atomic E-state index is 11.0. The number of allylic oxidation sites excluding steroid dienone is 2. The molecule has 1 aromatic rings. The van der Waals surface area contributed by atoms with Gasteiger partial charge in [-0.1, -0.05) is 51.1 Å². The van der Waals surface area contributed by atoms with Crippen LogP contribution in [0.3, 0.4) is 0 Å². The first-order chi connectivity index (χ1) is 9.50. The van der Waals surface area contributed by atoms with E-state index in [9.17, 15) is 28.7 Å². The van der Waals surface area contributed by atoms with E-state index in [-0.39, 0.29) is 118 Å². The molecule has 1 aromatic carbocycles. The van der Waals surface area contributed by atoms with Gasteiger partial charge >= 0.3 is 118 Å². The second kappa shape index (κ2) is 16.0. The van der Waals surface area contributed by atoms with E-state index in [1.165, 1.54) is 6.07 Å². The fourth-order valence-corrected chi connectivity index (χ4v) is 4.07. The third kappa shape index (κ3) is 14.8. The minimum absolute atomic E-state index is 0. The van der Waals surface area contributed by atoms with Gasteiger partial charge in [-0.2, -0.15) is 0 Å². The predicted octanol–water partition coefficient (Wildman–Crippen LogP) is -12.1. The average molecular weight is 422 g/mol. The molecule has 0 heterocycles. The molecule has 0 atom stereocenters. The molecule has 118 valence electrons. The molecular formula is C13H16Na4O6P2. The molecule has 0 radical (unpaired) electrons. The molecule has 0 fully saturated rings. The fourth-order valence-electron chi connectivity index (χ4n) is 1.81. The Balaban J connectivity index is -0.000000551. The van der Waals surface area contributed by atoms with E-state index >= 15 is 0 Å². The zero-order chi connectivity index (χ0) is 16.3. The van der Waals surface area contributed by atoms with Gasteiger partial charge in [-0.15, -0.1) is 0 Å². The molecule has 0 aliphatic heterocycles. The third-order valence-electron chi connectivity index (χ3n) is 2.89. The molecule has 1 rings (SSSR count). The summed E-state index contributed by atoms with van der Waals surface area (Å²) in [6, 6.07) is 6.50. The van der Waals surface area contributed by atoms with E-state index in [4.69, 9.17) is 0 Å². The van der Waals surface area contributed by atoms with Crippen LogP contribution in [-0.2, 0) is 22.0 Å². The molecule has 0 aromatic heterocycles. The zero-order valence-electron chi connectivity index (χ0n) is 15.7. The van der Waals surface area contributed by atoms with Crippen LogP contribution in [0.2, 0.25) is 0 Å². The molecule has 0 amide bonds. The van der Waals surface area contributed by atoms with E-state index < -0.39 is 27.0 Å². The molecule has 0 bridgehead atoms. The van der Waals surface area contributed by atoms with Crippen LogP contribution in [0, 0.1) is 0 Å². The largest absolute Gasteiger partial charge is 1.00 e. The van der Waals surface area contributed by atoms with Gasteiger partial charge in [-0.25, -0.2) is 0 Å². The Morgan fingerprint density at radius 1 is 0.960 bits per heavy atom. The molecule has 0 saturated carbocycles. The number of rotatable bonds is 6. The van der Waals surface area contributed by atoms with E-state index in [0.717, 1.165) is 11.1 Å². The van der Waals surface area contributed by atoms with E-state index in [2.05, 4.69) is 0 Å². The first kappa shape index (κ1) is 35.7. The first-order valence-corrected chi connectivity index (χ1v) is 9.47. The van der Waals surface area contributed by atoms with Crippen molar-refractivity contribution in [3.05, 3.63) is 47.0 Å². The summed E-state index contributed by atoms with van der Waals surface area (Å²) in [5.74, 6) is 0. The summed E-state index contributed by atoms with van der Waals surface area (Å²) < 4.78 is 21.9. The molecule has 0 aliphatic carbocycles. The van der Waals surface area contributed by atoms with Crippen molar-refractivity contribution < 1.29 is 147 Å². The van der Waals surface area contributed by atoms with E-state index in [1.54, 1.807) is 18.2 Å². The van der Waals surface area contributed by atoms with Gasteiger partial charge in [0.25, 0.3) is 0 Å².